The van der Waals surface area contributed by atoms with Crippen molar-refractivity contribution in [2.24, 2.45) is 0 Å². The summed E-state index contributed by atoms with van der Waals surface area (Å²) < 4.78 is 29.5. The topological polar surface area (TPSA) is 73.3 Å². The monoisotopic (exact) mass is 340 g/mol. The second kappa shape index (κ2) is 6.54. The minimum absolute atomic E-state index is 0. The van der Waals surface area contributed by atoms with E-state index in [0.717, 1.165) is 0 Å². The summed E-state index contributed by atoms with van der Waals surface area (Å²) in [5, 5.41) is -0.596. The molecule has 1 fully saturated rings. The van der Waals surface area contributed by atoms with Crippen LogP contribution in [0.25, 0.3) is 0 Å². The molecular weight excluding hydrogens is 325 g/mol. The number of carbonyl (C=O) groups excluding carboxylic acids is 1. The Morgan fingerprint density at radius 3 is 2.38 bits per heavy atom. The Bertz CT molecular complexity index is 651. The average molecular weight is 341 g/mol. The summed E-state index contributed by atoms with van der Waals surface area (Å²) in [5.41, 5.74) is -0.568. The summed E-state index contributed by atoms with van der Waals surface area (Å²) in [7, 11) is -3.49. The molecule has 0 saturated heterocycles. The van der Waals surface area contributed by atoms with Crippen LogP contribution in [0.2, 0.25) is 5.15 Å². The summed E-state index contributed by atoms with van der Waals surface area (Å²) in [6.45, 7) is 5.20. The number of pyridine rings is 1. The summed E-state index contributed by atoms with van der Waals surface area (Å²) in [6.07, 6.45) is 1.25. The summed E-state index contributed by atoms with van der Waals surface area (Å²) in [4.78, 5) is 15.8. The zero-order valence-electron chi connectivity index (χ0n) is 12.5. The third kappa shape index (κ3) is 4.93. The van der Waals surface area contributed by atoms with Gasteiger partial charge in [0.2, 0.25) is 0 Å². The molecule has 0 aliphatic heterocycles. The SMILES string of the molecule is CC(C)(C)OC(=O)c1cc(Cl)nc(S(=O)(=O)C2CC2)c1.[Na]. The van der Waals surface area contributed by atoms with Gasteiger partial charge in [-0.05, 0) is 45.7 Å². The van der Waals surface area contributed by atoms with Gasteiger partial charge < -0.3 is 4.74 Å². The first kappa shape index (κ1) is 18.9. The van der Waals surface area contributed by atoms with Crippen LogP contribution in [0.15, 0.2) is 17.2 Å². The van der Waals surface area contributed by atoms with Gasteiger partial charge in [-0.1, -0.05) is 11.6 Å². The van der Waals surface area contributed by atoms with Crippen molar-refractivity contribution >= 4 is 57.0 Å². The normalized spacial score (nSPS) is 15.2. The average Bonchev–Trinajstić information content (AvgIpc) is 3.09. The van der Waals surface area contributed by atoms with E-state index in [1.807, 2.05) is 0 Å². The molecule has 1 radical (unpaired) electrons. The Morgan fingerprint density at radius 1 is 1.33 bits per heavy atom. The fraction of sp³-hybridized carbons (Fsp3) is 0.538. The van der Waals surface area contributed by atoms with Crippen molar-refractivity contribution in [3.63, 3.8) is 0 Å². The number of hydrogen-bond donors (Lipinski definition) is 0. The molecule has 1 aliphatic rings. The van der Waals surface area contributed by atoms with Gasteiger partial charge in [0.05, 0.1) is 10.8 Å². The van der Waals surface area contributed by atoms with Gasteiger partial charge in [0.1, 0.15) is 10.8 Å². The van der Waals surface area contributed by atoms with E-state index in [2.05, 4.69) is 4.98 Å². The van der Waals surface area contributed by atoms with Crippen LogP contribution in [-0.2, 0) is 14.6 Å². The number of ether oxygens (including phenoxy) is 1. The van der Waals surface area contributed by atoms with Crippen LogP contribution in [0.4, 0.5) is 0 Å². The summed E-state index contributed by atoms with van der Waals surface area (Å²) >= 11 is 5.81. The molecule has 1 saturated carbocycles. The Balaban J connectivity index is 0.00000220. The largest absolute Gasteiger partial charge is 0.456 e. The molecule has 0 unspecified atom stereocenters. The molecule has 2 rings (SSSR count). The van der Waals surface area contributed by atoms with Gasteiger partial charge >= 0.3 is 5.97 Å². The molecule has 0 N–H and O–H groups in total. The van der Waals surface area contributed by atoms with E-state index in [1.165, 1.54) is 12.1 Å². The Kier molecular flexibility index (Phi) is 5.89. The van der Waals surface area contributed by atoms with Gasteiger partial charge in [0, 0.05) is 29.6 Å². The Labute approximate surface area is 151 Å². The maximum Gasteiger partial charge on any atom is 0.338 e. The van der Waals surface area contributed by atoms with Gasteiger partial charge in [0.15, 0.2) is 14.9 Å². The first-order chi connectivity index (χ1) is 9.09. The maximum atomic E-state index is 12.1. The zero-order chi connectivity index (χ0) is 15.1. The molecule has 0 atom stereocenters. The first-order valence-electron chi connectivity index (χ1n) is 6.24. The number of hydrogen-bond acceptors (Lipinski definition) is 5. The van der Waals surface area contributed by atoms with E-state index in [0.29, 0.717) is 12.8 Å². The third-order valence-electron chi connectivity index (χ3n) is 2.66. The fourth-order valence-electron chi connectivity index (χ4n) is 1.62. The molecule has 1 aromatic heterocycles. The van der Waals surface area contributed by atoms with Crippen LogP contribution < -0.4 is 0 Å². The molecule has 111 valence electrons. The van der Waals surface area contributed by atoms with Crippen LogP contribution in [0.5, 0.6) is 0 Å². The minimum atomic E-state index is -3.49. The number of sulfone groups is 1. The number of carbonyl (C=O) groups is 1. The van der Waals surface area contributed by atoms with Gasteiger partial charge in [0.25, 0.3) is 0 Å². The molecule has 21 heavy (non-hydrogen) atoms. The second-order valence-corrected chi connectivity index (χ2v) is 8.33. The maximum absolute atomic E-state index is 12.1. The third-order valence-corrected chi connectivity index (χ3v) is 4.99. The molecule has 1 aromatic rings. The zero-order valence-corrected chi connectivity index (χ0v) is 16.1. The van der Waals surface area contributed by atoms with E-state index in [4.69, 9.17) is 16.3 Å². The summed E-state index contributed by atoms with van der Waals surface area (Å²) in [6, 6.07) is 2.54. The second-order valence-electron chi connectivity index (χ2n) is 5.76. The van der Waals surface area contributed by atoms with Gasteiger partial charge in [-0.3, -0.25) is 0 Å². The number of nitrogens with zero attached hydrogens (tertiary/aromatic N) is 1. The molecular formula is C13H16ClNNaO4S. The molecule has 0 spiro atoms. The van der Waals surface area contributed by atoms with Crippen molar-refractivity contribution in [3.05, 3.63) is 22.8 Å². The Hall–Kier alpha value is -0.140. The standard InChI is InChI=1S/C13H16ClNO4S.Na/c1-13(2,3)19-12(16)8-6-10(14)15-11(7-8)20(17,18)9-4-5-9;/h6-7,9H,4-5H2,1-3H3;. The molecule has 0 amide bonds. The van der Waals surface area contributed by atoms with E-state index >= 15 is 0 Å². The van der Waals surface area contributed by atoms with Gasteiger partial charge in [-0.15, -0.1) is 0 Å². The van der Waals surface area contributed by atoms with Crippen molar-refractivity contribution in [2.75, 3.05) is 0 Å². The van der Waals surface area contributed by atoms with Gasteiger partial charge in [-0.2, -0.15) is 0 Å². The van der Waals surface area contributed by atoms with Crippen molar-refractivity contribution < 1.29 is 17.9 Å². The van der Waals surface area contributed by atoms with Crippen LogP contribution in [0.3, 0.4) is 0 Å². The first-order valence-corrected chi connectivity index (χ1v) is 8.17. The summed E-state index contributed by atoms with van der Waals surface area (Å²) in [5.74, 6) is -0.617. The van der Waals surface area contributed by atoms with Crippen molar-refractivity contribution in [1.29, 1.82) is 0 Å². The molecule has 1 aliphatic carbocycles. The molecule has 0 bridgehead atoms. The van der Waals surface area contributed by atoms with E-state index in [1.54, 1.807) is 20.8 Å². The predicted octanol–water partition coefficient (Wildman–Crippen LogP) is 2.25. The number of rotatable bonds is 3. The predicted molar refractivity (Wildman–Crippen MR) is 80.4 cm³/mol. The molecule has 1 heterocycles. The van der Waals surface area contributed by atoms with Crippen molar-refractivity contribution in [3.8, 4) is 0 Å². The molecule has 8 heteroatoms. The molecule has 0 aromatic carbocycles. The van der Waals surface area contributed by atoms with Crippen LogP contribution in [-0.4, -0.2) is 59.8 Å². The van der Waals surface area contributed by atoms with E-state index in [9.17, 15) is 13.2 Å². The van der Waals surface area contributed by atoms with E-state index < -0.39 is 26.7 Å². The Morgan fingerprint density at radius 2 is 1.90 bits per heavy atom. The number of esters is 1. The van der Waals surface area contributed by atoms with Crippen molar-refractivity contribution in [1.82, 2.24) is 4.98 Å². The van der Waals surface area contributed by atoms with Crippen LogP contribution in [0, 0.1) is 0 Å². The van der Waals surface area contributed by atoms with Crippen LogP contribution >= 0.6 is 11.6 Å². The fourth-order valence-corrected chi connectivity index (χ4v) is 3.50. The van der Waals surface area contributed by atoms with Gasteiger partial charge in [-0.25, -0.2) is 18.2 Å². The van der Waals surface area contributed by atoms with Crippen molar-refractivity contribution in [2.45, 2.75) is 49.5 Å². The number of halogens is 1. The molecule has 5 nitrogen and oxygen atoms in total. The smallest absolute Gasteiger partial charge is 0.338 e. The van der Waals surface area contributed by atoms with Crippen LogP contribution in [0.1, 0.15) is 44.0 Å². The van der Waals surface area contributed by atoms with E-state index in [-0.39, 0.29) is 45.3 Å². The number of aromatic nitrogens is 1. The quantitative estimate of drug-likeness (QED) is 0.479. The minimum Gasteiger partial charge on any atom is -0.456 e.